The number of hydrogen-bond donors (Lipinski definition) is 1. The summed E-state index contributed by atoms with van der Waals surface area (Å²) in [5.41, 5.74) is 7.33. The summed E-state index contributed by atoms with van der Waals surface area (Å²) in [6.45, 7) is 4.22. The number of rotatable bonds is 2. The smallest absolute Gasteiger partial charge is 0.290 e. The van der Waals surface area contributed by atoms with E-state index in [-0.39, 0.29) is 18.0 Å². The molecule has 4 heteroatoms. The Hall–Kier alpha value is -2.23. The van der Waals surface area contributed by atoms with Crippen molar-refractivity contribution in [2.45, 2.75) is 45.2 Å². The van der Waals surface area contributed by atoms with Gasteiger partial charge in [0.15, 0.2) is 5.76 Å². The first-order valence-electron chi connectivity index (χ1n) is 7.84. The van der Waals surface area contributed by atoms with Crippen LogP contribution in [-0.4, -0.2) is 22.9 Å². The number of nitrogens with two attached hydrogens (primary N) is 1. The molecule has 1 amide bonds. The van der Waals surface area contributed by atoms with Crippen molar-refractivity contribution in [3.63, 3.8) is 0 Å². The maximum atomic E-state index is 12.7. The van der Waals surface area contributed by atoms with Gasteiger partial charge in [0.2, 0.25) is 0 Å². The Bertz CT molecular complexity index is 650. The minimum atomic E-state index is -0.0126. The second kappa shape index (κ2) is 5.87. The first-order valence-corrected chi connectivity index (χ1v) is 7.84. The van der Waals surface area contributed by atoms with E-state index in [9.17, 15) is 4.79 Å². The molecular weight excluding hydrogens is 276 g/mol. The number of hydrogen-bond acceptors (Lipinski definition) is 3. The number of furan rings is 1. The standard InChI is InChI=1S/C18H22N2O2/c1-12-4-3-5-13(2)20(12)18(21)17-11-10-16(22-17)14-6-8-15(19)9-7-14/h6-13H,3-5,19H2,1-2H3/t12-,13-/m0/s1. The van der Waals surface area contributed by atoms with E-state index >= 15 is 0 Å². The fourth-order valence-electron chi connectivity index (χ4n) is 3.20. The van der Waals surface area contributed by atoms with Crippen molar-refractivity contribution >= 4 is 11.6 Å². The van der Waals surface area contributed by atoms with Gasteiger partial charge >= 0.3 is 0 Å². The molecule has 4 nitrogen and oxygen atoms in total. The van der Waals surface area contributed by atoms with Gasteiger partial charge in [-0.25, -0.2) is 0 Å². The summed E-state index contributed by atoms with van der Waals surface area (Å²) in [6.07, 6.45) is 3.30. The summed E-state index contributed by atoms with van der Waals surface area (Å²) in [6, 6.07) is 11.6. The van der Waals surface area contributed by atoms with Gasteiger partial charge in [0.25, 0.3) is 5.91 Å². The molecule has 1 aliphatic rings. The van der Waals surface area contributed by atoms with Crippen molar-refractivity contribution in [2.75, 3.05) is 5.73 Å². The SMILES string of the molecule is C[C@H]1CCC[C@H](C)N1C(=O)c1ccc(-c2ccc(N)cc2)o1. The molecule has 2 aromatic rings. The van der Waals surface area contributed by atoms with Crippen LogP contribution in [0.25, 0.3) is 11.3 Å². The van der Waals surface area contributed by atoms with Crippen LogP contribution in [0.4, 0.5) is 5.69 Å². The molecule has 1 saturated heterocycles. The van der Waals surface area contributed by atoms with Gasteiger partial charge in [-0.2, -0.15) is 0 Å². The van der Waals surface area contributed by atoms with Crippen LogP contribution < -0.4 is 5.73 Å². The summed E-state index contributed by atoms with van der Waals surface area (Å²) in [5, 5.41) is 0. The molecule has 1 aromatic carbocycles. The Morgan fingerprint density at radius 3 is 2.36 bits per heavy atom. The molecule has 116 valence electrons. The molecule has 0 radical (unpaired) electrons. The number of nitrogens with zero attached hydrogens (tertiary/aromatic N) is 1. The molecule has 2 heterocycles. The Morgan fingerprint density at radius 2 is 1.73 bits per heavy atom. The van der Waals surface area contributed by atoms with E-state index in [0.29, 0.717) is 17.2 Å². The number of likely N-dealkylation sites (tertiary alicyclic amines) is 1. The number of nitrogen functional groups attached to an aromatic ring is 1. The molecule has 1 fully saturated rings. The van der Waals surface area contributed by atoms with Crippen molar-refractivity contribution in [2.24, 2.45) is 0 Å². The molecule has 0 aliphatic carbocycles. The van der Waals surface area contributed by atoms with Crippen LogP contribution in [-0.2, 0) is 0 Å². The van der Waals surface area contributed by atoms with Gasteiger partial charge in [-0.3, -0.25) is 4.79 Å². The second-order valence-corrected chi connectivity index (χ2v) is 6.13. The van der Waals surface area contributed by atoms with Gasteiger partial charge in [-0.15, -0.1) is 0 Å². The van der Waals surface area contributed by atoms with E-state index in [4.69, 9.17) is 10.2 Å². The summed E-state index contributed by atoms with van der Waals surface area (Å²) < 4.78 is 5.79. The van der Waals surface area contributed by atoms with Gasteiger partial charge in [0, 0.05) is 23.3 Å². The first-order chi connectivity index (χ1) is 10.6. The number of benzene rings is 1. The zero-order chi connectivity index (χ0) is 15.7. The summed E-state index contributed by atoms with van der Waals surface area (Å²) in [7, 11) is 0. The van der Waals surface area contributed by atoms with E-state index < -0.39 is 0 Å². The topological polar surface area (TPSA) is 59.5 Å². The summed E-state index contributed by atoms with van der Waals surface area (Å²) in [5.74, 6) is 1.09. The third kappa shape index (κ3) is 2.73. The molecule has 3 rings (SSSR count). The fraction of sp³-hybridized carbons (Fsp3) is 0.389. The van der Waals surface area contributed by atoms with Gasteiger partial charge in [0.05, 0.1) is 0 Å². The Balaban J connectivity index is 1.83. The van der Waals surface area contributed by atoms with Crippen LogP contribution in [0, 0.1) is 0 Å². The maximum absolute atomic E-state index is 12.7. The molecule has 1 aliphatic heterocycles. The third-order valence-electron chi connectivity index (χ3n) is 4.44. The van der Waals surface area contributed by atoms with Gasteiger partial charge < -0.3 is 15.1 Å². The predicted molar refractivity (Wildman–Crippen MR) is 87.5 cm³/mol. The minimum Gasteiger partial charge on any atom is -0.451 e. The lowest BCUT2D eigenvalue weighted by atomic mass is 9.97. The van der Waals surface area contributed by atoms with Crippen molar-refractivity contribution in [1.29, 1.82) is 0 Å². The molecule has 0 unspecified atom stereocenters. The van der Waals surface area contributed by atoms with Gasteiger partial charge in [0.1, 0.15) is 5.76 Å². The molecule has 2 N–H and O–H groups in total. The Kier molecular flexibility index (Phi) is 3.92. The zero-order valence-corrected chi connectivity index (χ0v) is 13.1. The fourth-order valence-corrected chi connectivity index (χ4v) is 3.20. The highest BCUT2D eigenvalue weighted by atomic mass is 16.4. The quantitative estimate of drug-likeness (QED) is 0.854. The summed E-state index contributed by atoms with van der Waals surface area (Å²) in [4.78, 5) is 14.7. The average Bonchev–Trinajstić information content (AvgIpc) is 2.97. The second-order valence-electron chi connectivity index (χ2n) is 6.13. The maximum Gasteiger partial charge on any atom is 0.290 e. The van der Waals surface area contributed by atoms with Crippen LogP contribution in [0.1, 0.15) is 43.7 Å². The van der Waals surface area contributed by atoms with Crippen LogP contribution >= 0.6 is 0 Å². The molecule has 0 saturated carbocycles. The predicted octanol–water partition coefficient (Wildman–Crippen LogP) is 3.93. The first kappa shape index (κ1) is 14.7. The molecular formula is C18H22N2O2. The van der Waals surface area contributed by atoms with Crippen LogP contribution in [0.3, 0.4) is 0 Å². The van der Waals surface area contributed by atoms with Crippen molar-refractivity contribution < 1.29 is 9.21 Å². The highest BCUT2D eigenvalue weighted by molar-refractivity contribution is 5.92. The number of amides is 1. The monoisotopic (exact) mass is 298 g/mol. The van der Waals surface area contributed by atoms with Crippen LogP contribution in [0.15, 0.2) is 40.8 Å². The highest BCUT2D eigenvalue weighted by Gasteiger charge is 2.31. The zero-order valence-electron chi connectivity index (χ0n) is 13.1. The summed E-state index contributed by atoms with van der Waals surface area (Å²) >= 11 is 0. The number of carbonyl (C=O) groups is 1. The molecule has 0 bridgehead atoms. The number of anilines is 1. The Labute approximate surface area is 130 Å². The van der Waals surface area contributed by atoms with Crippen LogP contribution in [0.5, 0.6) is 0 Å². The minimum absolute atomic E-state index is 0.0126. The molecule has 0 spiro atoms. The van der Waals surface area contributed by atoms with Crippen molar-refractivity contribution in [1.82, 2.24) is 4.90 Å². The average molecular weight is 298 g/mol. The highest BCUT2D eigenvalue weighted by Crippen LogP contribution is 2.28. The number of carbonyl (C=O) groups excluding carboxylic acids is 1. The van der Waals surface area contributed by atoms with E-state index in [1.807, 2.05) is 35.2 Å². The van der Waals surface area contributed by atoms with Crippen LogP contribution in [0.2, 0.25) is 0 Å². The van der Waals surface area contributed by atoms with E-state index in [1.54, 1.807) is 6.07 Å². The van der Waals surface area contributed by atoms with Crippen molar-refractivity contribution in [3.05, 3.63) is 42.2 Å². The normalized spacial score (nSPS) is 21.8. The third-order valence-corrected chi connectivity index (χ3v) is 4.44. The molecule has 1 aromatic heterocycles. The van der Waals surface area contributed by atoms with Gasteiger partial charge in [-0.05, 0) is 69.5 Å². The van der Waals surface area contributed by atoms with E-state index in [2.05, 4.69) is 13.8 Å². The molecule has 22 heavy (non-hydrogen) atoms. The van der Waals surface area contributed by atoms with Gasteiger partial charge in [-0.1, -0.05) is 0 Å². The van der Waals surface area contributed by atoms with E-state index in [1.165, 1.54) is 6.42 Å². The Morgan fingerprint density at radius 1 is 1.09 bits per heavy atom. The lowest BCUT2D eigenvalue weighted by Crippen LogP contribution is -2.47. The number of piperidine rings is 1. The molecule has 2 atom stereocenters. The van der Waals surface area contributed by atoms with Crippen molar-refractivity contribution in [3.8, 4) is 11.3 Å². The largest absolute Gasteiger partial charge is 0.451 e. The van der Waals surface area contributed by atoms with E-state index in [0.717, 1.165) is 18.4 Å². The lowest BCUT2D eigenvalue weighted by Gasteiger charge is -2.38. The lowest BCUT2D eigenvalue weighted by molar-refractivity contribution is 0.0479.